The summed E-state index contributed by atoms with van der Waals surface area (Å²) in [5.41, 5.74) is 1.56. The van der Waals surface area contributed by atoms with Gasteiger partial charge in [0.1, 0.15) is 5.82 Å². The Bertz CT molecular complexity index is 790. The molecule has 0 aliphatic carbocycles. The Morgan fingerprint density at radius 1 is 1.05 bits per heavy atom. The number of benzene rings is 2. The van der Waals surface area contributed by atoms with E-state index >= 15 is 0 Å². The van der Waals surface area contributed by atoms with Crippen molar-refractivity contribution in [2.75, 3.05) is 14.2 Å². The lowest BCUT2D eigenvalue weighted by molar-refractivity contribution is 0.355. The number of halogens is 1. The fourth-order valence-electron chi connectivity index (χ4n) is 2.27. The molecule has 6 nitrogen and oxygen atoms in total. The standard InChI is InChI=1S/C15H13FN4O2/c1-21-12-7-6-9(8-13(12)22-2)14-10(4-3-5-11(14)16)15-17-19-20-18-15/h3-8H,1-2H3,(H,17,18,19,20). The van der Waals surface area contributed by atoms with Crippen LogP contribution in [0.3, 0.4) is 0 Å². The molecule has 2 aromatic carbocycles. The van der Waals surface area contributed by atoms with Crippen molar-refractivity contribution in [3.8, 4) is 34.0 Å². The molecule has 3 aromatic rings. The molecule has 0 bridgehead atoms. The summed E-state index contributed by atoms with van der Waals surface area (Å²) in [6, 6.07) is 9.91. The summed E-state index contributed by atoms with van der Waals surface area (Å²) in [7, 11) is 3.08. The number of rotatable bonds is 4. The van der Waals surface area contributed by atoms with Crippen LogP contribution in [-0.4, -0.2) is 34.8 Å². The van der Waals surface area contributed by atoms with Crippen LogP contribution in [0.1, 0.15) is 0 Å². The van der Waals surface area contributed by atoms with Crippen molar-refractivity contribution in [1.29, 1.82) is 0 Å². The molecule has 22 heavy (non-hydrogen) atoms. The van der Waals surface area contributed by atoms with Crippen molar-refractivity contribution in [1.82, 2.24) is 20.6 Å². The highest BCUT2D eigenvalue weighted by Gasteiger charge is 2.17. The minimum absolute atomic E-state index is 0.323. The van der Waals surface area contributed by atoms with Gasteiger partial charge < -0.3 is 9.47 Å². The Balaban J connectivity index is 2.20. The van der Waals surface area contributed by atoms with Gasteiger partial charge >= 0.3 is 0 Å². The van der Waals surface area contributed by atoms with E-state index in [9.17, 15) is 4.39 Å². The van der Waals surface area contributed by atoms with Crippen LogP contribution >= 0.6 is 0 Å². The Labute approximate surface area is 125 Å². The van der Waals surface area contributed by atoms with E-state index in [1.54, 1.807) is 37.4 Å². The summed E-state index contributed by atoms with van der Waals surface area (Å²) in [6.45, 7) is 0. The molecular weight excluding hydrogens is 287 g/mol. The molecule has 0 amide bonds. The second-order valence-corrected chi connectivity index (χ2v) is 4.47. The first-order valence-electron chi connectivity index (χ1n) is 6.49. The molecule has 1 heterocycles. The van der Waals surface area contributed by atoms with Crippen molar-refractivity contribution < 1.29 is 13.9 Å². The first-order chi connectivity index (χ1) is 10.7. The van der Waals surface area contributed by atoms with Gasteiger partial charge in [0.05, 0.1) is 14.2 Å². The Morgan fingerprint density at radius 2 is 1.86 bits per heavy atom. The lowest BCUT2D eigenvalue weighted by Gasteiger charge is -2.12. The molecule has 112 valence electrons. The quantitative estimate of drug-likeness (QED) is 0.802. The number of H-pyrrole nitrogens is 1. The Kier molecular flexibility index (Phi) is 3.69. The van der Waals surface area contributed by atoms with Crippen molar-refractivity contribution in [3.63, 3.8) is 0 Å². The number of aromatic amines is 1. The van der Waals surface area contributed by atoms with Crippen LogP contribution in [0.4, 0.5) is 4.39 Å². The monoisotopic (exact) mass is 300 g/mol. The molecule has 0 aliphatic rings. The molecule has 0 fully saturated rings. The number of aromatic nitrogens is 4. The molecular formula is C15H13FN4O2. The topological polar surface area (TPSA) is 72.9 Å². The fraction of sp³-hybridized carbons (Fsp3) is 0.133. The number of tetrazole rings is 1. The Hall–Kier alpha value is -2.96. The zero-order valence-corrected chi connectivity index (χ0v) is 12.0. The van der Waals surface area contributed by atoms with Crippen LogP contribution in [0, 0.1) is 5.82 Å². The highest BCUT2D eigenvalue weighted by Crippen LogP contribution is 2.37. The van der Waals surface area contributed by atoms with Gasteiger partial charge in [-0.2, -0.15) is 5.21 Å². The third-order valence-electron chi connectivity index (χ3n) is 3.27. The lowest BCUT2D eigenvalue weighted by atomic mass is 9.98. The van der Waals surface area contributed by atoms with E-state index < -0.39 is 0 Å². The second-order valence-electron chi connectivity index (χ2n) is 4.47. The maximum absolute atomic E-state index is 14.4. The lowest BCUT2D eigenvalue weighted by Crippen LogP contribution is -1.94. The second kappa shape index (κ2) is 5.80. The minimum Gasteiger partial charge on any atom is -0.493 e. The van der Waals surface area contributed by atoms with Gasteiger partial charge in [0.2, 0.25) is 5.82 Å². The predicted molar refractivity (Wildman–Crippen MR) is 78.1 cm³/mol. The molecule has 0 spiro atoms. The molecule has 0 aliphatic heterocycles. The number of hydrogen-bond donors (Lipinski definition) is 1. The highest BCUT2D eigenvalue weighted by atomic mass is 19.1. The van der Waals surface area contributed by atoms with Crippen LogP contribution in [0.25, 0.3) is 22.5 Å². The largest absolute Gasteiger partial charge is 0.493 e. The number of methoxy groups -OCH3 is 2. The van der Waals surface area contributed by atoms with Crippen molar-refractivity contribution >= 4 is 0 Å². The van der Waals surface area contributed by atoms with E-state index in [4.69, 9.17) is 9.47 Å². The summed E-state index contributed by atoms with van der Waals surface area (Å²) >= 11 is 0. The molecule has 0 atom stereocenters. The van der Waals surface area contributed by atoms with Gasteiger partial charge in [-0.25, -0.2) is 4.39 Å². The van der Waals surface area contributed by atoms with Crippen LogP contribution in [0.2, 0.25) is 0 Å². The van der Waals surface area contributed by atoms with Gasteiger partial charge in [-0.05, 0) is 29.0 Å². The van der Waals surface area contributed by atoms with E-state index in [-0.39, 0.29) is 5.82 Å². The van der Waals surface area contributed by atoms with E-state index in [1.807, 2.05) is 0 Å². The SMILES string of the molecule is COc1ccc(-c2c(F)cccc2-c2nn[nH]n2)cc1OC. The third-order valence-corrected chi connectivity index (χ3v) is 3.27. The van der Waals surface area contributed by atoms with Gasteiger partial charge in [0.15, 0.2) is 11.5 Å². The van der Waals surface area contributed by atoms with Gasteiger partial charge in [-0.15, -0.1) is 10.2 Å². The van der Waals surface area contributed by atoms with E-state index in [1.165, 1.54) is 13.2 Å². The van der Waals surface area contributed by atoms with Crippen molar-refractivity contribution in [2.24, 2.45) is 0 Å². The fourth-order valence-corrected chi connectivity index (χ4v) is 2.27. The van der Waals surface area contributed by atoms with E-state index in [2.05, 4.69) is 20.6 Å². The smallest absolute Gasteiger partial charge is 0.205 e. The van der Waals surface area contributed by atoms with Gasteiger partial charge in [-0.3, -0.25) is 0 Å². The highest BCUT2D eigenvalue weighted by molar-refractivity contribution is 5.81. The normalized spacial score (nSPS) is 10.5. The van der Waals surface area contributed by atoms with Crippen LogP contribution < -0.4 is 9.47 Å². The summed E-state index contributed by atoms with van der Waals surface area (Å²) in [5, 5.41) is 13.7. The van der Waals surface area contributed by atoms with Gasteiger partial charge in [0, 0.05) is 11.1 Å². The average Bonchev–Trinajstić information content (AvgIpc) is 3.08. The van der Waals surface area contributed by atoms with Crippen molar-refractivity contribution in [3.05, 3.63) is 42.2 Å². The van der Waals surface area contributed by atoms with Crippen LogP contribution in [0.5, 0.6) is 11.5 Å². The molecule has 0 radical (unpaired) electrons. The summed E-state index contributed by atoms with van der Waals surface area (Å²) in [6.07, 6.45) is 0. The zero-order chi connectivity index (χ0) is 15.5. The zero-order valence-electron chi connectivity index (χ0n) is 12.0. The first-order valence-corrected chi connectivity index (χ1v) is 6.49. The molecule has 1 aromatic heterocycles. The maximum atomic E-state index is 14.4. The molecule has 7 heteroatoms. The van der Waals surface area contributed by atoms with Gasteiger partial charge in [-0.1, -0.05) is 18.2 Å². The first kappa shape index (κ1) is 14.0. The number of hydrogen-bond acceptors (Lipinski definition) is 5. The van der Waals surface area contributed by atoms with Crippen LogP contribution in [0.15, 0.2) is 36.4 Å². The third kappa shape index (κ3) is 2.37. The van der Waals surface area contributed by atoms with E-state index in [0.717, 1.165) is 0 Å². The number of nitrogens with one attached hydrogen (secondary N) is 1. The summed E-state index contributed by atoms with van der Waals surface area (Å²) < 4.78 is 24.9. The summed E-state index contributed by atoms with van der Waals surface area (Å²) in [5.74, 6) is 1.03. The number of nitrogens with zero attached hydrogens (tertiary/aromatic N) is 3. The minimum atomic E-state index is -0.380. The molecule has 0 saturated carbocycles. The maximum Gasteiger partial charge on any atom is 0.205 e. The van der Waals surface area contributed by atoms with Crippen LogP contribution in [-0.2, 0) is 0 Å². The van der Waals surface area contributed by atoms with Crippen molar-refractivity contribution in [2.45, 2.75) is 0 Å². The molecule has 0 unspecified atom stereocenters. The summed E-state index contributed by atoms with van der Waals surface area (Å²) in [4.78, 5) is 0. The molecule has 1 N–H and O–H groups in total. The molecule has 3 rings (SSSR count). The Morgan fingerprint density at radius 3 is 2.55 bits per heavy atom. The van der Waals surface area contributed by atoms with E-state index in [0.29, 0.717) is 34.0 Å². The molecule has 0 saturated heterocycles. The van der Waals surface area contributed by atoms with Gasteiger partial charge in [0.25, 0.3) is 0 Å². The average molecular weight is 300 g/mol. The number of ether oxygens (including phenoxy) is 2. The predicted octanol–water partition coefficient (Wildman–Crippen LogP) is 2.69.